The lowest BCUT2D eigenvalue weighted by atomic mass is 9.76. The maximum atomic E-state index is 15.8. The van der Waals surface area contributed by atoms with E-state index in [0.717, 1.165) is 38.6 Å². The van der Waals surface area contributed by atoms with E-state index in [9.17, 15) is 9.18 Å². The number of alkyl carbamates (subject to hydrolysis) is 1. The van der Waals surface area contributed by atoms with Crippen LogP contribution in [-0.4, -0.2) is 83.2 Å². The Kier molecular flexibility index (Phi) is 7.87. The van der Waals surface area contributed by atoms with Crippen molar-refractivity contribution in [1.29, 1.82) is 0 Å². The van der Waals surface area contributed by atoms with Gasteiger partial charge in [0.25, 0.3) is 0 Å². The molecule has 1 amide bonds. The van der Waals surface area contributed by atoms with Crippen LogP contribution < -0.4 is 19.7 Å². The Hall–Kier alpha value is -2.18. The van der Waals surface area contributed by atoms with E-state index < -0.39 is 34.8 Å². The van der Waals surface area contributed by atoms with Crippen LogP contribution in [0.1, 0.15) is 65.7 Å². The monoisotopic (exact) mass is 671 g/mol. The molecular formula is C29H37BrClF2N5O4. The largest absolute Gasteiger partial charge is 0.491 e. The van der Waals surface area contributed by atoms with Gasteiger partial charge in [-0.1, -0.05) is 11.6 Å². The highest BCUT2D eigenvalue weighted by Gasteiger charge is 2.49. The number of anilines is 1. The predicted molar refractivity (Wildman–Crippen MR) is 159 cm³/mol. The number of ether oxygens (including phenoxy) is 3. The Labute approximate surface area is 257 Å². The molecule has 1 N–H and O–H groups in total. The molecule has 13 heteroatoms. The highest BCUT2D eigenvalue weighted by molar-refractivity contribution is 9.10. The Balaban J connectivity index is 1.38. The van der Waals surface area contributed by atoms with Crippen molar-refractivity contribution in [2.24, 2.45) is 0 Å². The number of rotatable bonds is 6. The number of nitrogens with zero attached hydrogens (tertiary/aromatic N) is 4. The van der Waals surface area contributed by atoms with Crippen LogP contribution in [0.5, 0.6) is 11.8 Å². The van der Waals surface area contributed by atoms with Crippen molar-refractivity contribution in [3.8, 4) is 11.8 Å². The SMILES string of the molecule is CC(C)(C)OC(=O)NC1(CN2CCCOc3c(Cl)c(Br)c(F)c4nc(OC[C@@]56CCCN5C[C@H](F)C6)nc2c34)CCC1. The molecule has 6 rings (SSSR count). The number of hydrogen-bond acceptors (Lipinski definition) is 8. The van der Waals surface area contributed by atoms with Crippen LogP contribution in [0, 0.1) is 5.82 Å². The third-order valence-electron chi connectivity index (χ3n) is 8.81. The van der Waals surface area contributed by atoms with E-state index in [4.69, 9.17) is 30.8 Å². The second-order valence-corrected chi connectivity index (χ2v) is 14.2. The summed E-state index contributed by atoms with van der Waals surface area (Å²) in [4.78, 5) is 26.3. The van der Waals surface area contributed by atoms with Crippen LogP contribution in [0.4, 0.5) is 19.4 Å². The number of nitrogens with one attached hydrogen (secondary N) is 1. The van der Waals surface area contributed by atoms with Gasteiger partial charge in [-0.15, -0.1) is 0 Å². The van der Waals surface area contributed by atoms with Gasteiger partial charge >= 0.3 is 12.1 Å². The summed E-state index contributed by atoms with van der Waals surface area (Å²) >= 11 is 9.86. The van der Waals surface area contributed by atoms with Crippen LogP contribution in [0.2, 0.25) is 5.02 Å². The third kappa shape index (κ3) is 5.58. The van der Waals surface area contributed by atoms with Gasteiger partial charge in [-0.3, -0.25) is 4.90 Å². The van der Waals surface area contributed by atoms with E-state index in [1.165, 1.54) is 0 Å². The Bertz CT molecular complexity index is 1390. The highest BCUT2D eigenvalue weighted by Crippen LogP contribution is 2.47. The first-order valence-corrected chi connectivity index (χ1v) is 15.8. The van der Waals surface area contributed by atoms with Gasteiger partial charge in [0, 0.05) is 26.1 Å². The first-order chi connectivity index (χ1) is 19.9. The minimum absolute atomic E-state index is 0.00781. The van der Waals surface area contributed by atoms with Crippen molar-refractivity contribution in [2.75, 3.05) is 44.3 Å². The highest BCUT2D eigenvalue weighted by atomic mass is 79.9. The first kappa shape index (κ1) is 29.9. The maximum absolute atomic E-state index is 15.8. The second kappa shape index (κ2) is 11.1. The lowest BCUT2D eigenvalue weighted by Gasteiger charge is -2.46. The predicted octanol–water partition coefficient (Wildman–Crippen LogP) is 6.18. The van der Waals surface area contributed by atoms with Crippen molar-refractivity contribution in [2.45, 2.75) is 88.6 Å². The topological polar surface area (TPSA) is 89.0 Å². The molecule has 3 aliphatic heterocycles. The molecule has 1 saturated carbocycles. The average molecular weight is 673 g/mol. The fourth-order valence-corrected chi connectivity index (χ4v) is 7.38. The van der Waals surface area contributed by atoms with E-state index in [2.05, 4.69) is 31.1 Å². The van der Waals surface area contributed by atoms with Crippen molar-refractivity contribution >= 4 is 50.3 Å². The number of fused-ring (bicyclic) bond motifs is 1. The maximum Gasteiger partial charge on any atom is 0.408 e. The zero-order chi connectivity index (χ0) is 29.9. The van der Waals surface area contributed by atoms with Crippen molar-refractivity contribution in [3.05, 3.63) is 15.3 Å². The molecule has 1 aromatic heterocycles. The van der Waals surface area contributed by atoms with Gasteiger partial charge in [0.2, 0.25) is 0 Å². The molecule has 0 radical (unpaired) electrons. The zero-order valence-electron chi connectivity index (χ0n) is 24.2. The van der Waals surface area contributed by atoms with Gasteiger partial charge in [-0.05, 0) is 81.8 Å². The van der Waals surface area contributed by atoms with Gasteiger partial charge in [0.1, 0.15) is 34.7 Å². The summed E-state index contributed by atoms with van der Waals surface area (Å²) in [6, 6.07) is 0.00781. The summed E-state index contributed by atoms with van der Waals surface area (Å²) < 4.78 is 48.0. The van der Waals surface area contributed by atoms with E-state index >= 15 is 4.39 Å². The van der Waals surface area contributed by atoms with E-state index in [0.29, 0.717) is 56.0 Å². The van der Waals surface area contributed by atoms with Crippen LogP contribution >= 0.6 is 27.5 Å². The summed E-state index contributed by atoms with van der Waals surface area (Å²) in [6.07, 6.45) is 3.95. The molecule has 9 nitrogen and oxygen atoms in total. The van der Waals surface area contributed by atoms with Gasteiger partial charge in [0.05, 0.1) is 27.5 Å². The van der Waals surface area contributed by atoms with Crippen LogP contribution in [0.3, 0.4) is 0 Å². The summed E-state index contributed by atoms with van der Waals surface area (Å²) in [5.74, 6) is 0.0726. The molecule has 3 fully saturated rings. The van der Waals surface area contributed by atoms with E-state index in [1.807, 2.05) is 25.7 Å². The summed E-state index contributed by atoms with van der Waals surface area (Å²) in [5.41, 5.74) is -1.56. The molecule has 4 aliphatic rings. The fourth-order valence-electron chi connectivity index (χ4n) is 6.78. The molecule has 230 valence electrons. The van der Waals surface area contributed by atoms with Crippen LogP contribution in [-0.2, 0) is 4.74 Å². The van der Waals surface area contributed by atoms with Gasteiger partial charge in [-0.25, -0.2) is 13.6 Å². The lowest BCUT2D eigenvalue weighted by Crippen LogP contribution is -2.61. The zero-order valence-corrected chi connectivity index (χ0v) is 26.5. The van der Waals surface area contributed by atoms with Gasteiger partial charge in [0.15, 0.2) is 11.6 Å². The minimum Gasteiger partial charge on any atom is -0.491 e. The number of benzene rings is 1. The van der Waals surface area contributed by atoms with E-state index in [1.54, 1.807) is 0 Å². The Morgan fingerprint density at radius 3 is 2.71 bits per heavy atom. The number of carbonyl (C=O) groups excluding carboxylic acids is 1. The second-order valence-electron chi connectivity index (χ2n) is 13.1. The molecule has 0 bridgehead atoms. The molecule has 0 unspecified atom stereocenters. The Morgan fingerprint density at radius 2 is 2.00 bits per heavy atom. The summed E-state index contributed by atoms with van der Waals surface area (Å²) in [5, 5.41) is 3.56. The van der Waals surface area contributed by atoms with Crippen molar-refractivity contribution in [3.63, 3.8) is 0 Å². The number of carbonyl (C=O) groups is 1. The van der Waals surface area contributed by atoms with Crippen molar-refractivity contribution in [1.82, 2.24) is 20.2 Å². The summed E-state index contributed by atoms with van der Waals surface area (Å²) in [6.45, 7) is 8.24. The van der Waals surface area contributed by atoms with E-state index in [-0.39, 0.29) is 27.6 Å². The molecule has 42 heavy (non-hydrogen) atoms. The molecule has 2 saturated heterocycles. The number of amides is 1. The standard InChI is InChI=1S/C29H37BrClF2N5O4/c1-27(2,3)42-26(39)36-28(7-4-8-28)15-37-10-6-12-40-23-18-22(21(33)19(30)20(23)31)34-25(35-24(18)37)41-16-29-9-5-11-38(29)14-17(32)13-29/h17H,4-16H2,1-3H3,(H,36,39)/t17-,29+/m1/s1. The molecule has 2 atom stereocenters. The molecule has 2 aromatic rings. The summed E-state index contributed by atoms with van der Waals surface area (Å²) in [7, 11) is 0. The quantitative estimate of drug-likeness (QED) is 0.365. The van der Waals surface area contributed by atoms with Gasteiger partial charge < -0.3 is 24.4 Å². The smallest absolute Gasteiger partial charge is 0.408 e. The number of halogens is 4. The number of aromatic nitrogens is 2. The fraction of sp³-hybridized carbons (Fsp3) is 0.690. The average Bonchev–Trinajstić information content (AvgIpc) is 3.41. The molecule has 1 aromatic carbocycles. The molecule has 1 aliphatic carbocycles. The minimum atomic E-state index is -0.901. The molecule has 0 spiro atoms. The number of alkyl halides is 1. The Morgan fingerprint density at radius 1 is 1.21 bits per heavy atom. The van der Waals surface area contributed by atoms with Crippen LogP contribution in [0.15, 0.2) is 4.47 Å². The van der Waals surface area contributed by atoms with Crippen LogP contribution in [0.25, 0.3) is 10.9 Å². The van der Waals surface area contributed by atoms with Gasteiger partial charge in [-0.2, -0.15) is 9.97 Å². The number of hydrogen-bond donors (Lipinski definition) is 1. The first-order valence-electron chi connectivity index (χ1n) is 14.7. The molecule has 4 heterocycles. The molecular weight excluding hydrogens is 636 g/mol. The third-order valence-corrected chi connectivity index (χ3v) is 10.1. The van der Waals surface area contributed by atoms with Crippen molar-refractivity contribution < 1.29 is 27.8 Å². The normalized spacial score (nSPS) is 25.3. The lowest BCUT2D eigenvalue weighted by molar-refractivity contribution is 0.0390.